The molecule has 4 N–H and O–H groups in total. The van der Waals surface area contributed by atoms with Crippen molar-refractivity contribution in [1.82, 2.24) is 0 Å². The van der Waals surface area contributed by atoms with E-state index in [1.807, 2.05) is 54.6 Å². The molecule has 0 aliphatic rings. The molecule has 0 aromatic heterocycles. The van der Waals surface area contributed by atoms with Gasteiger partial charge in [-0.1, -0.05) is 35.5 Å². The summed E-state index contributed by atoms with van der Waals surface area (Å²) in [6.45, 7) is 0.534. The first-order valence-corrected chi connectivity index (χ1v) is 6.65. The van der Waals surface area contributed by atoms with Crippen molar-refractivity contribution in [2.45, 2.75) is 5.92 Å². The summed E-state index contributed by atoms with van der Waals surface area (Å²) < 4.78 is 5.12. The third-order valence-corrected chi connectivity index (χ3v) is 3.27. The van der Waals surface area contributed by atoms with Crippen LogP contribution < -0.4 is 15.8 Å². The zero-order valence-electron chi connectivity index (χ0n) is 11.9. The van der Waals surface area contributed by atoms with Crippen molar-refractivity contribution in [3.05, 3.63) is 60.2 Å². The number of amidine groups is 1. The number of nitrogens with zero attached hydrogens (tertiary/aromatic N) is 1. The lowest BCUT2D eigenvalue weighted by Crippen LogP contribution is -2.27. The number of methoxy groups -OCH3 is 1. The average molecular weight is 285 g/mol. The molecule has 1 atom stereocenters. The maximum Gasteiger partial charge on any atom is 0.148 e. The van der Waals surface area contributed by atoms with Crippen LogP contribution in [-0.2, 0) is 0 Å². The Bertz CT molecular complexity index is 582. The topological polar surface area (TPSA) is 79.9 Å². The van der Waals surface area contributed by atoms with Crippen molar-refractivity contribution < 1.29 is 9.94 Å². The highest BCUT2D eigenvalue weighted by Gasteiger charge is 2.16. The van der Waals surface area contributed by atoms with Crippen LogP contribution in [0.15, 0.2) is 59.8 Å². The molecule has 5 heteroatoms. The highest BCUT2D eigenvalue weighted by Crippen LogP contribution is 2.19. The van der Waals surface area contributed by atoms with Crippen LogP contribution in [0.3, 0.4) is 0 Å². The molecular formula is C16H19N3O2. The molecule has 0 amide bonds. The van der Waals surface area contributed by atoms with Gasteiger partial charge in [-0.05, 0) is 29.8 Å². The van der Waals surface area contributed by atoms with E-state index in [2.05, 4.69) is 10.5 Å². The molecule has 0 heterocycles. The van der Waals surface area contributed by atoms with Crippen LogP contribution >= 0.6 is 0 Å². The molecule has 0 saturated heterocycles. The van der Waals surface area contributed by atoms with E-state index < -0.39 is 0 Å². The quantitative estimate of drug-likeness (QED) is 0.330. The number of rotatable bonds is 6. The fraction of sp³-hybridized carbons (Fsp3) is 0.188. The van der Waals surface area contributed by atoms with E-state index in [0.717, 1.165) is 17.0 Å². The molecule has 2 rings (SSSR count). The first-order valence-electron chi connectivity index (χ1n) is 6.65. The van der Waals surface area contributed by atoms with Crippen LogP contribution in [0.2, 0.25) is 0 Å². The van der Waals surface area contributed by atoms with Gasteiger partial charge in [0, 0.05) is 12.2 Å². The largest absolute Gasteiger partial charge is 0.497 e. The fourth-order valence-electron chi connectivity index (χ4n) is 2.08. The van der Waals surface area contributed by atoms with Crippen molar-refractivity contribution in [1.29, 1.82) is 0 Å². The summed E-state index contributed by atoms with van der Waals surface area (Å²) in [6, 6.07) is 17.3. The van der Waals surface area contributed by atoms with Crippen molar-refractivity contribution >= 4 is 11.5 Å². The predicted octanol–water partition coefficient (Wildman–Crippen LogP) is 2.64. The summed E-state index contributed by atoms with van der Waals surface area (Å²) in [4.78, 5) is 0. The summed E-state index contributed by atoms with van der Waals surface area (Å²) in [5.74, 6) is 0.789. The Morgan fingerprint density at radius 2 is 1.86 bits per heavy atom. The van der Waals surface area contributed by atoms with Gasteiger partial charge in [-0.15, -0.1) is 0 Å². The molecule has 0 spiro atoms. The van der Waals surface area contributed by atoms with Crippen molar-refractivity contribution in [2.75, 3.05) is 19.0 Å². The zero-order valence-corrected chi connectivity index (χ0v) is 11.9. The van der Waals surface area contributed by atoms with Crippen LogP contribution in [0.4, 0.5) is 5.69 Å². The predicted molar refractivity (Wildman–Crippen MR) is 84.1 cm³/mol. The number of nitrogens with one attached hydrogen (secondary N) is 1. The van der Waals surface area contributed by atoms with Gasteiger partial charge < -0.3 is 21.0 Å². The monoisotopic (exact) mass is 285 g/mol. The van der Waals surface area contributed by atoms with Crippen molar-refractivity contribution in [2.24, 2.45) is 10.9 Å². The van der Waals surface area contributed by atoms with Gasteiger partial charge in [0.1, 0.15) is 11.6 Å². The van der Waals surface area contributed by atoms with Gasteiger partial charge in [0.15, 0.2) is 0 Å². The van der Waals surface area contributed by atoms with E-state index in [4.69, 9.17) is 15.7 Å². The van der Waals surface area contributed by atoms with Crippen LogP contribution in [-0.4, -0.2) is 24.7 Å². The highest BCUT2D eigenvalue weighted by atomic mass is 16.5. The molecule has 5 nitrogen and oxygen atoms in total. The normalized spacial score (nSPS) is 12.7. The molecule has 2 aromatic carbocycles. The number of anilines is 1. The number of oxime groups is 1. The van der Waals surface area contributed by atoms with Crippen LogP contribution in [0.25, 0.3) is 0 Å². The molecule has 110 valence electrons. The van der Waals surface area contributed by atoms with E-state index in [9.17, 15) is 0 Å². The van der Waals surface area contributed by atoms with Gasteiger partial charge in [0.05, 0.1) is 13.0 Å². The number of benzene rings is 2. The van der Waals surface area contributed by atoms with E-state index in [1.54, 1.807) is 7.11 Å². The number of ether oxygens (including phenoxy) is 1. The standard InChI is InChI=1S/C16H19N3O2/c1-21-14-9-7-13(8-10-14)18-11-15(16(17)19-20)12-5-3-2-4-6-12/h2-10,15,18,20H,11H2,1H3,(H2,17,19). The smallest absolute Gasteiger partial charge is 0.148 e. The van der Waals surface area contributed by atoms with Crippen LogP contribution in [0, 0.1) is 0 Å². The first-order chi connectivity index (χ1) is 10.2. The molecule has 21 heavy (non-hydrogen) atoms. The Hall–Kier alpha value is -2.69. The number of hydrogen-bond donors (Lipinski definition) is 3. The SMILES string of the molecule is COc1ccc(NCC(C(N)=NO)c2ccccc2)cc1. The second-order valence-corrected chi connectivity index (χ2v) is 4.60. The minimum absolute atomic E-state index is 0.183. The van der Waals surface area contributed by atoms with E-state index >= 15 is 0 Å². The van der Waals surface area contributed by atoms with E-state index in [-0.39, 0.29) is 11.8 Å². The second-order valence-electron chi connectivity index (χ2n) is 4.60. The minimum Gasteiger partial charge on any atom is -0.497 e. The Labute approximate surface area is 124 Å². The van der Waals surface area contributed by atoms with Crippen molar-refractivity contribution in [3.63, 3.8) is 0 Å². The lowest BCUT2D eigenvalue weighted by molar-refractivity contribution is 0.316. The Morgan fingerprint density at radius 3 is 2.43 bits per heavy atom. The number of hydrogen-bond acceptors (Lipinski definition) is 4. The third-order valence-electron chi connectivity index (χ3n) is 3.27. The summed E-state index contributed by atoms with van der Waals surface area (Å²) in [7, 11) is 1.63. The van der Waals surface area contributed by atoms with Gasteiger partial charge >= 0.3 is 0 Å². The summed E-state index contributed by atoms with van der Waals surface area (Å²) in [5.41, 5.74) is 7.74. The first kappa shape index (κ1) is 14.7. The molecule has 0 fully saturated rings. The summed E-state index contributed by atoms with van der Waals surface area (Å²) in [5, 5.41) is 15.4. The molecule has 0 radical (unpaired) electrons. The van der Waals surface area contributed by atoms with Gasteiger partial charge in [0.2, 0.25) is 0 Å². The lowest BCUT2D eigenvalue weighted by atomic mass is 9.98. The molecule has 0 saturated carbocycles. The van der Waals surface area contributed by atoms with E-state index in [1.165, 1.54) is 0 Å². The van der Waals surface area contributed by atoms with Crippen LogP contribution in [0.1, 0.15) is 11.5 Å². The minimum atomic E-state index is -0.196. The Kier molecular flexibility index (Phi) is 5.04. The Morgan fingerprint density at radius 1 is 1.19 bits per heavy atom. The molecule has 0 aliphatic heterocycles. The van der Waals surface area contributed by atoms with Gasteiger partial charge in [0.25, 0.3) is 0 Å². The maximum absolute atomic E-state index is 8.95. The Balaban J connectivity index is 2.09. The zero-order chi connectivity index (χ0) is 15.1. The third kappa shape index (κ3) is 3.89. The van der Waals surface area contributed by atoms with Crippen molar-refractivity contribution in [3.8, 4) is 5.75 Å². The number of nitrogens with two attached hydrogens (primary N) is 1. The average Bonchev–Trinajstić information content (AvgIpc) is 2.56. The summed E-state index contributed by atoms with van der Waals surface area (Å²) in [6.07, 6.45) is 0. The maximum atomic E-state index is 8.95. The molecule has 0 bridgehead atoms. The fourth-order valence-corrected chi connectivity index (χ4v) is 2.08. The van der Waals surface area contributed by atoms with Gasteiger partial charge in [-0.25, -0.2) is 0 Å². The molecule has 0 aliphatic carbocycles. The highest BCUT2D eigenvalue weighted by molar-refractivity contribution is 5.87. The van der Waals surface area contributed by atoms with Gasteiger partial charge in [-0.2, -0.15) is 0 Å². The van der Waals surface area contributed by atoms with Gasteiger partial charge in [-0.3, -0.25) is 0 Å². The second kappa shape index (κ2) is 7.19. The lowest BCUT2D eigenvalue weighted by Gasteiger charge is -2.17. The molecule has 2 aromatic rings. The van der Waals surface area contributed by atoms with E-state index in [0.29, 0.717) is 6.54 Å². The van der Waals surface area contributed by atoms with Crippen LogP contribution in [0.5, 0.6) is 5.75 Å². The molecule has 1 unspecified atom stereocenters. The summed E-state index contributed by atoms with van der Waals surface area (Å²) >= 11 is 0. The molecular weight excluding hydrogens is 266 g/mol.